The first-order valence-electron chi connectivity index (χ1n) is 12.2. The third-order valence-electron chi connectivity index (χ3n) is 6.12. The Bertz CT molecular complexity index is 1540. The van der Waals surface area contributed by atoms with Crippen LogP contribution in [0.1, 0.15) is 32.6 Å². The van der Waals surface area contributed by atoms with Gasteiger partial charge in [-0.05, 0) is 53.1 Å². The first-order valence-corrected chi connectivity index (χ1v) is 12.2. The molecule has 0 aliphatic carbocycles. The normalized spacial score (nSPS) is 13.7. The third kappa shape index (κ3) is 8.72. The van der Waals surface area contributed by atoms with E-state index in [4.69, 9.17) is 5.73 Å². The third-order valence-corrected chi connectivity index (χ3v) is 6.12. The molecular formula is C27H19F12N3O3. The number of nitrogens with one attached hydrogen (secondary N) is 2. The van der Waals surface area contributed by atoms with Crippen molar-refractivity contribution in [1.29, 1.82) is 0 Å². The molecule has 0 saturated carbocycles. The summed E-state index contributed by atoms with van der Waals surface area (Å²) in [5, 5.41) is 3.36. The molecule has 0 aliphatic heterocycles. The number of carbonyl (C=O) groups excluding carboxylic acids is 2. The van der Waals surface area contributed by atoms with Crippen molar-refractivity contribution in [3.8, 4) is 5.75 Å². The Balaban J connectivity index is 2.37. The van der Waals surface area contributed by atoms with Crippen LogP contribution in [0.15, 0.2) is 60.7 Å². The molecule has 1 atom stereocenters. The van der Waals surface area contributed by atoms with Gasteiger partial charge in [0.15, 0.2) is 0 Å². The van der Waals surface area contributed by atoms with Crippen LogP contribution in [0.25, 0.3) is 0 Å². The highest BCUT2D eigenvalue weighted by Crippen LogP contribution is 2.41. The van der Waals surface area contributed by atoms with E-state index in [0.29, 0.717) is 18.2 Å². The molecule has 6 nitrogen and oxygen atoms in total. The minimum Gasteiger partial charge on any atom is -0.428 e. The van der Waals surface area contributed by atoms with Crippen molar-refractivity contribution in [2.75, 3.05) is 6.54 Å². The Morgan fingerprint density at radius 1 is 0.822 bits per heavy atom. The van der Waals surface area contributed by atoms with E-state index >= 15 is 0 Å². The summed E-state index contributed by atoms with van der Waals surface area (Å²) in [4.78, 5) is 24.3. The van der Waals surface area contributed by atoms with Crippen LogP contribution in [0, 0.1) is 11.6 Å². The lowest BCUT2D eigenvalue weighted by Gasteiger charge is -2.37. The maximum Gasteiger partial charge on any atom is 0.461 e. The molecule has 0 bridgehead atoms. The standard InChI is InChI=1S/C27H19F12N3O3/c28-17-7-16(8-18(10-17)45-27(38,39)22(30)31)24(42-23(44)41-12-25(32,33)34,11-13-1-3-14(4-2-13)21(40)43)15-5-6-20(29)19(9-15)26(35,36)37/h1-10,22H,11-12H2,(H2,40,43)(H2,41,42,44)/t24-/m1/s1. The summed E-state index contributed by atoms with van der Waals surface area (Å²) in [5.74, 6) is -5.64. The minimum absolute atomic E-state index is 0.0429. The van der Waals surface area contributed by atoms with Crippen molar-refractivity contribution in [2.24, 2.45) is 5.73 Å². The molecule has 4 N–H and O–H groups in total. The van der Waals surface area contributed by atoms with Crippen LogP contribution in [-0.4, -0.2) is 37.2 Å². The number of urea groups is 1. The smallest absolute Gasteiger partial charge is 0.428 e. The first-order chi connectivity index (χ1) is 20.6. The lowest BCUT2D eigenvalue weighted by Crippen LogP contribution is -2.53. The number of halogens is 12. The SMILES string of the molecule is NC(=O)c1ccc(C[C@](NC(=O)NCC(F)(F)F)(c2cc(F)cc(OC(F)(F)C(F)F)c2)c2ccc(F)c(C(F)(F)F)c2)cc1. The number of rotatable bonds is 10. The fourth-order valence-corrected chi connectivity index (χ4v) is 4.15. The van der Waals surface area contributed by atoms with E-state index in [0.717, 1.165) is 24.3 Å². The van der Waals surface area contributed by atoms with Gasteiger partial charge >= 0.3 is 30.9 Å². The zero-order valence-corrected chi connectivity index (χ0v) is 22.1. The Morgan fingerprint density at radius 3 is 1.98 bits per heavy atom. The number of ether oxygens (including phenoxy) is 1. The first kappa shape index (κ1) is 34.8. The quantitative estimate of drug-likeness (QED) is 0.212. The second kappa shape index (κ2) is 12.8. The van der Waals surface area contributed by atoms with Gasteiger partial charge in [0.2, 0.25) is 5.91 Å². The molecule has 0 aromatic heterocycles. The van der Waals surface area contributed by atoms with Crippen LogP contribution in [0.3, 0.4) is 0 Å². The van der Waals surface area contributed by atoms with Crippen molar-refractivity contribution >= 4 is 11.9 Å². The van der Waals surface area contributed by atoms with Crippen LogP contribution in [0.4, 0.5) is 57.5 Å². The van der Waals surface area contributed by atoms with Gasteiger partial charge in [0.1, 0.15) is 23.9 Å². The van der Waals surface area contributed by atoms with Crippen molar-refractivity contribution in [3.05, 3.63) is 100 Å². The van der Waals surface area contributed by atoms with Crippen LogP contribution >= 0.6 is 0 Å². The molecule has 0 aliphatic rings. The average Bonchev–Trinajstić information content (AvgIpc) is 2.90. The molecule has 3 amide bonds. The van der Waals surface area contributed by atoms with Gasteiger partial charge in [-0.15, -0.1) is 0 Å². The van der Waals surface area contributed by atoms with Crippen LogP contribution in [-0.2, 0) is 18.1 Å². The Kier molecular flexibility index (Phi) is 9.88. The molecule has 0 spiro atoms. The van der Waals surface area contributed by atoms with E-state index in [2.05, 4.69) is 4.74 Å². The monoisotopic (exact) mass is 661 g/mol. The number of benzene rings is 3. The van der Waals surface area contributed by atoms with Gasteiger partial charge in [0, 0.05) is 18.1 Å². The van der Waals surface area contributed by atoms with E-state index in [1.807, 2.05) is 5.32 Å². The van der Waals surface area contributed by atoms with Gasteiger partial charge in [-0.1, -0.05) is 18.2 Å². The lowest BCUT2D eigenvalue weighted by molar-refractivity contribution is -0.253. The molecule has 45 heavy (non-hydrogen) atoms. The van der Waals surface area contributed by atoms with E-state index in [9.17, 15) is 62.3 Å². The van der Waals surface area contributed by atoms with E-state index in [-0.39, 0.29) is 29.3 Å². The highest BCUT2D eigenvalue weighted by atomic mass is 19.4. The Morgan fingerprint density at radius 2 is 1.44 bits per heavy atom. The molecule has 3 aromatic carbocycles. The average molecular weight is 661 g/mol. The van der Waals surface area contributed by atoms with Crippen LogP contribution < -0.4 is 21.1 Å². The maximum absolute atomic E-state index is 14.8. The maximum atomic E-state index is 14.8. The topological polar surface area (TPSA) is 93.5 Å². The summed E-state index contributed by atoms with van der Waals surface area (Å²) in [7, 11) is 0. The Labute approximate surface area is 245 Å². The second-order valence-corrected chi connectivity index (χ2v) is 9.40. The molecule has 0 saturated heterocycles. The van der Waals surface area contributed by atoms with Crippen LogP contribution in [0.2, 0.25) is 0 Å². The van der Waals surface area contributed by atoms with Crippen molar-refractivity contribution in [1.82, 2.24) is 10.6 Å². The summed E-state index contributed by atoms with van der Waals surface area (Å²) in [5.41, 5.74) is -1.22. The molecule has 0 unspecified atom stereocenters. The molecule has 0 fully saturated rings. The molecule has 244 valence electrons. The summed E-state index contributed by atoms with van der Waals surface area (Å²) in [6.07, 6.45) is -20.9. The molecule has 0 radical (unpaired) electrons. The summed E-state index contributed by atoms with van der Waals surface area (Å²) >= 11 is 0. The largest absolute Gasteiger partial charge is 0.461 e. The zero-order valence-electron chi connectivity index (χ0n) is 22.1. The molecule has 18 heteroatoms. The van der Waals surface area contributed by atoms with E-state index in [1.165, 1.54) is 5.32 Å². The zero-order chi connectivity index (χ0) is 34.0. The number of nitrogens with two attached hydrogens (primary N) is 1. The van der Waals surface area contributed by atoms with Gasteiger partial charge < -0.3 is 21.1 Å². The minimum atomic E-state index is -5.40. The predicted molar refractivity (Wildman–Crippen MR) is 131 cm³/mol. The fourth-order valence-electron chi connectivity index (χ4n) is 4.15. The van der Waals surface area contributed by atoms with E-state index < -0.39 is 89.4 Å². The van der Waals surface area contributed by atoms with E-state index in [1.54, 1.807) is 0 Å². The number of alkyl halides is 10. The summed E-state index contributed by atoms with van der Waals surface area (Å²) < 4.78 is 166. The fraction of sp³-hybridized carbons (Fsp3) is 0.259. The number of hydrogen-bond acceptors (Lipinski definition) is 3. The highest BCUT2D eigenvalue weighted by Gasteiger charge is 2.45. The number of amides is 3. The molecule has 3 rings (SSSR count). The summed E-state index contributed by atoms with van der Waals surface area (Å²) in [6.45, 7) is -1.99. The second-order valence-electron chi connectivity index (χ2n) is 9.40. The van der Waals surface area contributed by atoms with Crippen LogP contribution in [0.5, 0.6) is 5.75 Å². The number of hydrogen-bond donors (Lipinski definition) is 3. The van der Waals surface area contributed by atoms with Crippen molar-refractivity contribution < 1.29 is 67.0 Å². The highest BCUT2D eigenvalue weighted by molar-refractivity contribution is 5.92. The van der Waals surface area contributed by atoms with Gasteiger partial charge in [0.25, 0.3) is 0 Å². The molecular weight excluding hydrogens is 642 g/mol. The molecule has 3 aromatic rings. The van der Waals surface area contributed by atoms with Crippen molar-refractivity contribution in [2.45, 2.75) is 36.8 Å². The Hall–Kier alpha value is -4.64. The number of primary amides is 1. The lowest BCUT2D eigenvalue weighted by atomic mass is 9.77. The van der Waals surface area contributed by atoms with Gasteiger partial charge in [-0.25, -0.2) is 13.6 Å². The summed E-state index contributed by atoms with van der Waals surface area (Å²) in [6, 6.07) is 4.75. The van der Waals surface area contributed by atoms with Gasteiger partial charge in [-0.3, -0.25) is 4.79 Å². The number of carbonyl (C=O) groups is 2. The van der Waals surface area contributed by atoms with Gasteiger partial charge in [0.05, 0.1) is 11.1 Å². The molecule has 0 heterocycles. The van der Waals surface area contributed by atoms with Gasteiger partial charge in [-0.2, -0.15) is 43.9 Å². The predicted octanol–water partition coefficient (Wildman–Crippen LogP) is 6.67. The van der Waals surface area contributed by atoms with Crippen molar-refractivity contribution in [3.63, 3.8) is 0 Å².